The monoisotopic (exact) mass is 368 g/mol. The third-order valence-electron chi connectivity index (χ3n) is 8.58. The van der Waals surface area contributed by atoms with Crippen molar-refractivity contribution in [2.24, 2.45) is 29.1 Å². The molecule has 1 spiro atoms. The molecule has 5 aliphatic rings. The molecule has 0 amide bonds. The lowest BCUT2D eigenvalue weighted by molar-refractivity contribution is -0.237. The number of allylic oxidation sites excluding steroid dienone is 3. The summed E-state index contributed by atoms with van der Waals surface area (Å²) in [6.07, 6.45) is 9.14. The molecular formula is C24H32O3. The summed E-state index contributed by atoms with van der Waals surface area (Å²) < 4.78 is 12.4. The van der Waals surface area contributed by atoms with Crippen LogP contribution < -0.4 is 0 Å². The number of carbonyl (C=O) groups excluding carboxylic acids is 1. The lowest BCUT2D eigenvalue weighted by atomic mass is 9.42. The van der Waals surface area contributed by atoms with E-state index in [4.69, 9.17) is 9.47 Å². The molecule has 2 heterocycles. The first-order chi connectivity index (χ1) is 12.8. The van der Waals surface area contributed by atoms with E-state index < -0.39 is 0 Å². The quantitative estimate of drug-likeness (QED) is 0.428. The van der Waals surface area contributed by atoms with Crippen molar-refractivity contribution in [1.82, 2.24) is 0 Å². The molecule has 2 aliphatic heterocycles. The minimum Gasteiger partial charge on any atom is -0.492 e. The molecule has 0 aromatic heterocycles. The molecule has 3 fully saturated rings. The Labute approximate surface area is 162 Å². The highest BCUT2D eigenvalue weighted by molar-refractivity contribution is 5.92. The summed E-state index contributed by atoms with van der Waals surface area (Å²) in [5.41, 5.74) is 3.55. The second-order valence-electron chi connectivity index (χ2n) is 10.2. The number of rotatable bonds is 0. The van der Waals surface area contributed by atoms with E-state index in [1.54, 1.807) is 0 Å². The summed E-state index contributed by atoms with van der Waals surface area (Å²) in [5.74, 6) is 2.31. The molecule has 0 N–H and O–H groups in total. The second kappa shape index (κ2) is 5.52. The fourth-order valence-electron chi connectivity index (χ4n) is 7.51. The van der Waals surface area contributed by atoms with E-state index in [9.17, 15) is 4.79 Å². The number of ether oxygens (including phenoxy) is 2. The van der Waals surface area contributed by atoms with Crippen molar-refractivity contribution in [2.75, 3.05) is 0 Å². The highest BCUT2D eigenvalue weighted by atomic mass is 16.6. The van der Waals surface area contributed by atoms with Gasteiger partial charge in [0.2, 0.25) is 0 Å². The van der Waals surface area contributed by atoms with Gasteiger partial charge in [0.1, 0.15) is 17.5 Å². The van der Waals surface area contributed by atoms with E-state index in [1.807, 2.05) is 6.92 Å². The standard InChI is InChI=1S/C24H32O3/c1-13-7-6-8-14(2)18-16(10-9-13)24-12-11-17-20(24)19(22(25)26-21(18)24)15(3)27-23(17,4)5/h7,16-18,20-21H,2,6,8-12H2,1,3-5H3/b13-7+/t16-,17-,18-,20-,21+,24+/m1/s1. The van der Waals surface area contributed by atoms with Crippen molar-refractivity contribution in [3.8, 4) is 0 Å². The van der Waals surface area contributed by atoms with E-state index in [0.29, 0.717) is 23.7 Å². The van der Waals surface area contributed by atoms with Crippen LogP contribution in [0.2, 0.25) is 0 Å². The Balaban J connectivity index is 1.62. The zero-order valence-electron chi connectivity index (χ0n) is 17.1. The number of hydrogen-bond acceptors (Lipinski definition) is 3. The maximum absolute atomic E-state index is 13.0. The average Bonchev–Trinajstić information content (AvgIpc) is 3.00. The van der Waals surface area contributed by atoms with Gasteiger partial charge in [-0.25, -0.2) is 4.79 Å². The Morgan fingerprint density at radius 3 is 2.70 bits per heavy atom. The largest absolute Gasteiger partial charge is 0.492 e. The van der Waals surface area contributed by atoms with Gasteiger partial charge in [0.25, 0.3) is 0 Å². The van der Waals surface area contributed by atoms with Crippen molar-refractivity contribution in [3.05, 3.63) is 35.1 Å². The van der Waals surface area contributed by atoms with Crippen molar-refractivity contribution >= 4 is 5.97 Å². The fraction of sp³-hybridized carbons (Fsp3) is 0.708. The number of esters is 1. The minimum absolute atomic E-state index is 0.0290. The summed E-state index contributed by atoms with van der Waals surface area (Å²) in [6.45, 7) is 13.1. The number of carbonyl (C=O) groups is 1. The lowest BCUT2D eigenvalue weighted by Gasteiger charge is -2.66. The molecule has 0 aromatic carbocycles. The molecule has 0 aromatic rings. The van der Waals surface area contributed by atoms with E-state index in [0.717, 1.165) is 43.4 Å². The molecule has 5 rings (SSSR count). The molecule has 3 nitrogen and oxygen atoms in total. The SMILES string of the molecule is C=C1CC/C=C(\C)CC[C@@H]2[C@@H]1[C@@H]1OC(=O)C3=C(C)OC(C)(C)[C@@H]4CC[C@@]21[C@@H]34. The first kappa shape index (κ1) is 17.6. The zero-order chi connectivity index (χ0) is 19.1. The predicted molar refractivity (Wildman–Crippen MR) is 105 cm³/mol. The van der Waals surface area contributed by atoms with Crippen LogP contribution in [0, 0.1) is 29.1 Å². The summed E-state index contributed by atoms with van der Waals surface area (Å²) in [6, 6.07) is 0. The van der Waals surface area contributed by atoms with Crippen LogP contribution in [0.4, 0.5) is 0 Å². The molecule has 27 heavy (non-hydrogen) atoms. The van der Waals surface area contributed by atoms with Crippen molar-refractivity contribution in [3.63, 3.8) is 0 Å². The third kappa shape index (κ3) is 2.12. The molecule has 0 unspecified atom stereocenters. The highest BCUT2D eigenvalue weighted by Gasteiger charge is 2.75. The molecule has 0 bridgehead atoms. The van der Waals surface area contributed by atoms with Gasteiger partial charge in [-0.3, -0.25) is 0 Å². The van der Waals surface area contributed by atoms with E-state index in [-0.39, 0.29) is 23.1 Å². The van der Waals surface area contributed by atoms with Crippen LogP contribution in [-0.2, 0) is 14.3 Å². The third-order valence-corrected chi connectivity index (χ3v) is 8.58. The van der Waals surface area contributed by atoms with Gasteiger partial charge in [0.15, 0.2) is 0 Å². The van der Waals surface area contributed by atoms with Crippen molar-refractivity contribution < 1.29 is 14.3 Å². The van der Waals surface area contributed by atoms with Crippen LogP contribution in [0.25, 0.3) is 0 Å². The van der Waals surface area contributed by atoms with Crippen molar-refractivity contribution in [2.45, 2.75) is 77.9 Å². The van der Waals surface area contributed by atoms with E-state index in [2.05, 4.69) is 33.4 Å². The maximum atomic E-state index is 13.0. The Hall–Kier alpha value is -1.51. The topological polar surface area (TPSA) is 35.5 Å². The summed E-state index contributed by atoms with van der Waals surface area (Å²) in [5, 5.41) is 0. The zero-order valence-corrected chi connectivity index (χ0v) is 17.1. The maximum Gasteiger partial charge on any atom is 0.338 e. The van der Waals surface area contributed by atoms with Crippen LogP contribution in [0.1, 0.15) is 66.2 Å². The van der Waals surface area contributed by atoms with E-state index in [1.165, 1.54) is 17.6 Å². The second-order valence-corrected chi connectivity index (χ2v) is 10.2. The van der Waals surface area contributed by atoms with Crippen LogP contribution in [-0.4, -0.2) is 17.7 Å². The van der Waals surface area contributed by atoms with Crippen LogP contribution >= 0.6 is 0 Å². The van der Waals surface area contributed by atoms with Crippen LogP contribution in [0.15, 0.2) is 35.1 Å². The van der Waals surface area contributed by atoms with Gasteiger partial charge in [0.05, 0.1) is 5.57 Å². The van der Waals surface area contributed by atoms with Gasteiger partial charge in [0, 0.05) is 23.2 Å². The first-order valence-corrected chi connectivity index (χ1v) is 10.7. The predicted octanol–water partition coefficient (Wildman–Crippen LogP) is 5.33. The molecular weight excluding hydrogens is 336 g/mol. The Morgan fingerprint density at radius 2 is 1.93 bits per heavy atom. The Morgan fingerprint density at radius 1 is 1.15 bits per heavy atom. The summed E-state index contributed by atoms with van der Waals surface area (Å²) in [4.78, 5) is 13.0. The normalized spacial score (nSPS) is 47.0. The molecule has 1 saturated heterocycles. The smallest absolute Gasteiger partial charge is 0.338 e. The molecule has 2 saturated carbocycles. The van der Waals surface area contributed by atoms with E-state index >= 15 is 0 Å². The summed E-state index contributed by atoms with van der Waals surface area (Å²) >= 11 is 0. The summed E-state index contributed by atoms with van der Waals surface area (Å²) in [7, 11) is 0. The van der Waals surface area contributed by atoms with Gasteiger partial charge >= 0.3 is 5.97 Å². The fourth-order valence-corrected chi connectivity index (χ4v) is 7.51. The molecule has 6 atom stereocenters. The molecule has 0 radical (unpaired) electrons. The highest BCUT2D eigenvalue weighted by Crippen LogP contribution is 2.74. The average molecular weight is 369 g/mol. The molecule has 146 valence electrons. The van der Waals surface area contributed by atoms with Gasteiger partial charge in [-0.15, -0.1) is 0 Å². The lowest BCUT2D eigenvalue weighted by Crippen LogP contribution is -2.69. The van der Waals surface area contributed by atoms with Crippen molar-refractivity contribution in [1.29, 1.82) is 0 Å². The van der Waals surface area contributed by atoms with Gasteiger partial charge < -0.3 is 9.47 Å². The Kier molecular flexibility index (Phi) is 3.59. The van der Waals surface area contributed by atoms with Gasteiger partial charge in [-0.05, 0) is 72.1 Å². The molecule has 3 heteroatoms. The van der Waals surface area contributed by atoms with Crippen LogP contribution in [0.3, 0.4) is 0 Å². The number of hydrogen-bond donors (Lipinski definition) is 0. The Bertz CT molecular complexity index is 785. The first-order valence-electron chi connectivity index (χ1n) is 10.7. The molecule has 3 aliphatic carbocycles. The van der Waals surface area contributed by atoms with Gasteiger partial charge in [-0.2, -0.15) is 0 Å². The minimum atomic E-state index is -0.208. The van der Waals surface area contributed by atoms with Crippen LogP contribution in [0.5, 0.6) is 0 Å². The number of fused-ring (bicyclic) bond motifs is 2. The van der Waals surface area contributed by atoms with Gasteiger partial charge in [-0.1, -0.05) is 23.8 Å².